The highest BCUT2D eigenvalue weighted by Gasteiger charge is 2.49. The lowest BCUT2D eigenvalue weighted by molar-refractivity contribution is -0.124. The predicted octanol–water partition coefficient (Wildman–Crippen LogP) is 3.55. The van der Waals surface area contributed by atoms with E-state index in [4.69, 9.17) is 34.6 Å². The molecule has 2 aromatic rings. The van der Waals surface area contributed by atoms with Crippen molar-refractivity contribution in [3.05, 3.63) is 69.2 Å². The molecule has 1 heterocycles. The second-order valence-corrected chi connectivity index (χ2v) is 12.2. The van der Waals surface area contributed by atoms with Gasteiger partial charge in [-0.05, 0) is 42.2 Å². The summed E-state index contributed by atoms with van der Waals surface area (Å²) < 4.78 is 27.2. The molecule has 0 spiro atoms. The van der Waals surface area contributed by atoms with Crippen molar-refractivity contribution in [2.45, 2.75) is 49.7 Å². The van der Waals surface area contributed by atoms with Crippen LogP contribution in [-0.4, -0.2) is 55.9 Å². The van der Waals surface area contributed by atoms with E-state index in [0.717, 1.165) is 19.1 Å². The van der Waals surface area contributed by atoms with E-state index in [1.165, 1.54) is 0 Å². The molecule has 4 rings (SSSR count). The minimum absolute atomic E-state index is 0.0915. The van der Waals surface area contributed by atoms with Crippen molar-refractivity contribution < 1.29 is 18.0 Å². The van der Waals surface area contributed by atoms with E-state index < -0.39 is 40.0 Å². The second kappa shape index (κ2) is 12.0. The molecule has 1 aliphatic carbocycles. The molecular formula is C25H29Cl2N7O4S. The monoisotopic (exact) mass is 593 g/mol. The lowest BCUT2D eigenvalue weighted by Gasteiger charge is -2.49. The number of hydrogen-bond acceptors (Lipinski definition) is 7. The molecule has 2 amide bonds. The summed E-state index contributed by atoms with van der Waals surface area (Å²) in [5.74, 6) is 3.43. The van der Waals surface area contributed by atoms with Gasteiger partial charge in [0.25, 0.3) is 5.91 Å². The Hall–Kier alpha value is -3.06. The van der Waals surface area contributed by atoms with Crippen molar-refractivity contribution in [1.82, 2.24) is 14.9 Å². The van der Waals surface area contributed by atoms with E-state index >= 15 is 0 Å². The number of carbonyl (C=O) groups excluding carboxylic acids is 2. The van der Waals surface area contributed by atoms with Crippen LogP contribution in [0, 0.1) is 5.53 Å². The molecular weight excluding hydrogens is 565 g/mol. The Labute approximate surface area is 236 Å². The van der Waals surface area contributed by atoms with Gasteiger partial charge in [0.15, 0.2) is 5.84 Å². The van der Waals surface area contributed by atoms with Gasteiger partial charge in [-0.15, -0.1) is 5.11 Å². The lowest BCUT2D eigenvalue weighted by Crippen LogP contribution is -2.59. The van der Waals surface area contributed by atoms with Gasteiger partial charge in [-0.2, -0.15) is 5.10 Å². The maximum absolute atomic E-state index is 14.2. The van der Waals surface area contributed by atoms with Crippen LogP contribution in [0.5, 0.6) is 0 Å². The van der Waals surface area contributed by atoms with Gasteiger partial charge in [-0.1, -0.05) is 60.3 Å². The second-order valence-electron chi connectivity index (χ2n) is 9.61. The van der Waals surface area contributed by atoms with Crippen LogP contribution in [0.4, 0.5) is 0 Å². The van der Waals surface area contributed by atoms with E-state index in [-0.39, 0.29) is 23.3 Å². The van der Waals surface area contributed by atoms with Gasteiger partial charge in [0.2, 0.25) is 15.9 Å². The minimum Gasteiger partial charge on any atom is -0.348 e. The zero-order valence-corrected chi connectivity index (χ0v) is 23.4. The Bertz CT molecular complexity index is 1420. The van der Waals surface area contributed by atoms with Crippen LogP contribution in [-0.2, 0) is 14.8 Å². The molecule has 1 aliphatic heterocycles. The highest BCUT2D eigenvalue weighted by Crippen LogP contribution is 2.47. The zero-order valence-electron chi connectivity index (χ0n) is 21.1. The Morgan fingerprint density at radius 3 is 2.54 bits per heavy atom. The molecule has 0 saturated heterocycles. The molecule has 14 heteroatoms. The Balaban J connectivity index is 1.91. The quantitative estimate of drug-likeness (QED) is 0.126. The summed E-state index contributed by atoms with van der Waals surface area (Å²) in [6, 6.07) is 9.67. The SMILES string of the molecule is CS(=O)(=O)N[C@H]1CCCCC1N1C(=O)c2ccccc2[C@@H](C(=O)NC/C(N=N)=N/N)[C@@H]1c1ccc(Cl)cc1Cl. The van der Waals surface area contributed by atoms with Crippen LogP contribution in [0.25, 0.3) is 0 Å². The fourth-order valence-corrected chi connectivity index (χ4v) is 6.86. The predicted molar refractivity (Wildman–Crippen MR) is 148 cm³/mol. The van der Waals surface area contributed by atoms with E-state index in [2.05, 4.69) is 20.3 Å². The largest absolute Gasteiger partial charge is 0.348 e. The number of amides is 2. The molecule has 2 aliphatic rings. The summed E-state index contributed by atoms with van der Waals surface area (Å²) in [7, 11) is -3.59. The minimum atomic E-state index is -3.59. The van der Waals surface area contributed by atoms with Gasteiger partial charge in [-0.25, -0.2) is 18.7 Å². The number of sulfonamides is 1. The average Bonchev–Trinajstić information content (AvgIpc) is 2.89. The maximum Gasteiger partial charge on any atom is 0.255 e. The molecule has 1 unspecified atom stereocenters. The first-order chi connectivity index (χ1) is 18.6. The standard InChI is InChI=1S/C25H29Cl2N7O4S/c1-39(37,38)33-19-8-4-5-9-20(19)34-23(17-11-10-14(26)12-18(17)27)22(24(35)30-13-21(31-28)32-29)15-6-2-3-7-16(15)25(34)36/h2-3,6-7,10-12,19-20,22-23,28,33H,4-5,8-9,13,29H2,1H3,(H,30,35)/b31-28?,32-21-/t19-,20?,22+,23-/m0/s1. The topological polar surface area (TPSA) is 170 Å². The smallest absolute Gasteiger partial charge is 0.255 e. The third-order valence-corrected chi connectivity index (χ3v) is 8.38. The fraction of sp³-hybridized carbons (Fsp3) is 0.400. The van der Waals surface area contributed by atoms with E-state index in [9.17, 15) is 18.0 Å². The van der Waals surface area contributed by atoms with E-state index in [0.29, 0.717) is 34.6 Å². The highest BCUT2D eigenvalue weighted by atomic mass is 35.5. The third kappa shape index (κ3) is 6.24. The number of halogens is 2. The number of hydrogen-bond donors (Lipinski definition) is 4. The first kappa shape index (κ1) is 28.9. The number of nitrogens with one attached hydrogen (secondary N) is 3. The molecule has 2 aromatic carbocycles. The first-order valence-corrected chi connectivity index (χ1v) is 15.0. The van der Waals surface area contributed by atoms with Crippen molar-refractivity contribution in [3.8, 4) is 0 Å². The van der Waals surface area contributed by atoms with Crippen molar-refractivity contribution >= 4 is 50.9 Å². The Morgan fingerprint density at radius 1 is 1.15 bits per heavy atom. The van der Waals surface area contributed by atoms with Gasteiger partial charge in [0, 0.05) is 27.7 Å². The molecule has 11 nitrogen and oxygen atoms in total. The number of amidine groups is 1. The van der Waals surface area contributed by atoms with Gasteiger partial charge in [0.1, 0.15) is 0 Å². The summed E-state index contributed by atoms with van der Waals surface area (Å²) in [5, 5.41) is 9.98. The summed E-state index contributed by atoms with van der Waals surface area (Å²) in [5.41, 5.74) is 8.51. The molecule has 39 heavy (non-hydrogen) atoms. The normalized spacial score (nSPS) is 23.7. The van der Waals surface area contributed by atoms with Crippen molar-refractivity contribution in [3.63, 3.8) is 0 Å². The molecule has 0 aromatic heterocycles. The van der Waals surface area contributed by atoms with Crippen LogP contribution >= 0.6 is 23.2 Å². The summed E-state index contributed by atoms with van der Waals surface area (Å²) in [6.07, 6.45) is 3.71. The van der Waals surface area contributed by atoms with Crippen molar-refractivity contribution in [2.24, 2.45) is 16.1 Å². The molecule has 4 atom stereocenters. The number of benzene rings is 2. The van der Waals surface area contributed by atoms with Crippen LogP contribution in [0.1, 0.15) is 59.1 Å². The van der Waals surface area contributed by atoms with Crippen LogP contribution < -0.4 is 15.9 Å². The molecule has 0 radical (unpaired) electrons. The van der Waals surface area contributed by atoms with Crippen LogP contribution in [0.3, 0.4) is 0 Å². The number of nitrogens with zero attached hydrogens (tertiary/aromatic N) is 3. The van der Waals surface area contributed by atoms with Gasteiger partial charge >= 0.3 is 0 Å². The average molecular weight is 595 g/mol. The maximum atomic E-state index is 14.2. The summed E-state index contributed by atoms with van der Waals surface area (Å²) in [4.78, 5) is 29.7. The van der Waals surface area contributed by atoms with Gasteiger partial charge in [-0.3, -0.25) is 9.59 Å². The highest BCUT2D eigenvalue weighted by molar-refractivity contribution is 7.88. The Morgan fingerprint density at radius 2 is 1.87 bits per heavy atom. The molecule has 5 N–H and O–H groups in total. The number of fused-ring (bicyclic) bond motifs is 1. The van der Waals surface area contributed by atoms with Crippen LogP contribution in [0.15, 0.2) is 52.7 Å². The number of nitrogens with two attached hydrogens (primary N) is 1. The number of carbonyl (C=O) groups is 2. The third-order valence-electron chi connectivity index (χ3n) is 7.09. The van der Waals surface area contributed by atoms with Crippen molar-refractivity contribution in [2.75, 3.05) is 12.8 Å². The molecule has 0 bridgehead atoms. The zero-order chi connectivity index (χ0) is 28.3. The lowest BCUT2D eigenvalue weighted by atomic mass is 9.76. The van der Waals surface area contributed by atoms with Gasteiger partial charge < -0.3 is 16.1 Å². The summed E-state index contributed by atoms with van der Waals surface area (Å²) in [6.45, 7) is -0.200. The number of rotatable bonds is 7. The fourth-order valence-electron chi connectivity index (χ4n) is 5.52. The summed E-state index contributed by atoms with van der Waals surface area (Å²) >= 11 is 12.9. The van der Waals surface area contributed by atoms with Crippen molar-refractivity contribution in [1.29, 1.82) is 5.53 Å². The van der Waals surface area contributed by atoms with E-state index in [1.807, 2.05) is 0 Å². The van der Waals surface area contributed by atoms with E-state index in [1.54, 1.807) is 47.4 Å². The first-order valence-electron chi connectivity index (χ1n) is 12.3. The molecule has 1 saturated carbocycles. The number of hydrazone groups is 1. The van der Waals surface area contributed by atoms with Crippen LogP contribution in [0.2, 0.25) is 10.0 Å². The Kier molecular flexibility index (Phi) is 8.90. The van der Waals surface area contributed by atoms with Gasteiger partial charge in [0.05, 0.1) is 24.8 Å². The molecule has 1 fully saturated rings. The molecule has 208 valence electrons.